The van der Waals surface area contributed by atoms with Gasteiger partial charge >= 0.3 is 0 Å². The van der Waals surface area contributed by atoms with Crippen LogP contribution in [-0.4, -0.2) is 19.7 Å². The molecule has 0 unspecified atom stereocenters. The van der Waals surface area contributed by atoms with E-state index in [9.17, 15) is 0 Å². The molecule has 0 atom stereocenters. The van der Waals surface area contributed by atoms with Gasteiger partial charge in [-0.05, 0) is 43.1 Å². The van der Waals surface area contributed by atoms with Gasteiger partial charge in [0.2, 0.25) is 0 Å². The number of hydrogen-bond acceptors (Lipinski definition) is 2. The molecule has 106 valence electrons. The number of nitrogens with one attached hydrogen (secondary N) is 1. The fourth-order valence-electron chi connectivity index (χ4n) is 2.68. The van der Waals surface area contributed by atoms with E-state index in [1.54, 1.807) is 0 Å². The summed E-state index contributed by atoms with van der Waals surface area (Å²) in [5.41, 5.74) is 0. The third-order valence-electron chi connectivity index (χ3n) is 3.82. The average Bonchev–Trinajstić information content (AvgIpc) is 2.46. The second kappa shape index (κ2) is 8.60. The van der Waals surface area contributed by atoms with E-state index in [0.717, 1.165) is 35.8 Å². The molecule has 0 aliphatic heterocycles. The van der Waals surface area contributed by atoms with Gasteiger partial charge in [0, 0.05) is 11.0 Å². The number of ether oxygens (including phenoxy) is 1. The van der Waals surface area contributed by atoms with Crippen LogP contribution >= 0.6 is 15.9 Å². The maximum Gasteiger partial charge on any atom is 0.119 e. The minimum atomic E-state index is 0.742. The smallest absolute Gasteiger partial charge is 0.119 e. The van der Waals surface area contributed by atoms with E-state index in [4.69, 9.17) is 4.74 Å². The normalized spacial score (nSPS) is 16.5. The summed E-state index contributed by atoms with van der Waals surface area (Å²) >= 11 is 3.42. The van der Waals surface area contributed by atoms with Crippen LogP contribution in [0.25, 0.3) is 0 Å². The highest BCUT2D eigenvalue weighted by Crippen LogP contribution is 2.25. The Bertz CT molecular complexity index is 346. The Hall–Kier alpha value is -0.540. The zero-order valence-electron chi connectivity index (χ0n) is 11.5. The molecule has 1 fully saturated rings. The first-order valence-corrected chi connectivity index (χ1v) is 8.23. The minimum absolute atomic E-state index is 0.742. The molecule has 0 radical (unpaired) electrons. The van der Waals surface area contributed by atoms with Gasteiger partial charge < -0.3 is 10.1 Å². The first kappa shape index (κ1) is 14.9. The van der Waals surface area contributed by atoms with Gasteiger partial charge in [0.15, 0.2) is 0 Å². The van der Waals surface area contributed by atoms with Gasteiger partial charge in [0.25, 0.3) is 0 Å². The first-order valence-electron chi connectivity index (χ1n) is 7.44. The fourth-order valence-corrected chi connectivity index (χ4v) is 2.94. The molecule has 1 aromatic carbocycles. The van der Waals surface area contributed by atoms with Gasteiger partial charge in [-0.1, -0.05) is 48.0 Å². The van der Waals surface area contributed by atoms with Crippen LogP contribution < -0.4 is 10.1 Å². The summed E-state index contributed by atoms with van der Waals surface area (Å²) in [6.07, 6.45) is 8.55. The molecular weight excluding hydrogens is 302 g/mol. The maximum absolute atomic E-state index is 5.67. The van der Waals surface area contributed by atoms with Crippen LogP contribution in [-0.2, 0) is 0 Å². The van der Waals surface area contributed by atoms with Crippen LogP contribution in [0.3, 0.4) is 0 Å². The molecule has 0 amide bonds. The van der Waals surface area contributed by atoms with Crippen molar-refractivity contribution in [3.63, 3.8) is 0 Å². The van der Waals surface area contributed by atoms with Crippen LogP contribution in [0.1, 0.15) is 38.5 Å². The lowest BCUT2D eigenvalue weighted by atomic mass is 9.87. The van der Waals surface area contributed by atoms with Crippen molar-refractivity contribution in [2.24, 2.45) is 5.92 Å². The lowest BCUT2D eigenvalue weighted by molar-refractivity contribution is 0.301. The summed E-state index contributed by atoms with van der Waals surface area (Å²) < 4.78 is 6.76. The van der Waals surface area contributed by atoms with Crippen molar-refractivity contribution in [3.8, 4) is 5.75 Å². The molecule has 1 N–H and O–H groups in total. The Morgan fingerprint density at radius 3 is 2.53 bits per heavy atom. The summed E-state index contributed by atoms with van der Waals surface area (Å²) in [7, 11) is 0. The topological polar surface area (TPSA) is 21.3 Å². The van der Waals surface area contributed by atoms with Crippen molar-refractivity contribution in [1.29, 1.82) is 0 Å². The summed E-state index contributed by atoms with van der Waals surface area (Å²) in [4.78, 5) is 0. The zero-order valence-corrected chi connectivity index (χ0v) is 13.1. The molecule has 0 saturated heterocycles. The molecule has 0 spiro atoms. The van der Waals surface area contributed by atoms with Crippen molar-refractivity contribution < 1.29 is 4.74 Å². The molecule has 0 aromatic heterocycles. The van der Waals surface area contributed by atoms with Crippen LogP contribution in [0.4, 0.5) is 0 Å². The molecule has 1 aliphatic rings. The molecule has 19 heavy (non-hydrogen) atoms. The Kier molecular flexibility index (Phi) is 6.72. The highest BCUT2D eigenvalue weighted by Gasteiger charge is 2.12. The quantitative estimate of drug-likeness (QED) is 0.751. The Labute approximate surface area is 125 Å². The highest BCUT2D eigenvalue weighted by atomic mass is 79.9. The van der Waals surface area contributed by atoms with Crippen molar-refractivity contribution in [1.82, 2.24) is 5.32 Å². The number of rotatable bonds is 7. The lowest BCUT2D eigenvalue weighted by Gasteiger charge is -2.21. The van der Waals surface area contributed by atoms with Crippen LogP contribution in [0.5, 0.6) is 5.75 Å². The Morgan fingerprint density at radius 1 is 1.05 bits per heavy atom. The van der Waals surface area contributed by atoms with E-state index in [1.807, 2.05) is 24.3 Å². The van der Waals surface area contributed by atoms with Crippen LogP contribution in [0, 0.1) is 5.92 Å². The molecule has 1 aromatic rings. The highest BCUT2D eigenvalue weighted by molar-refractivity contribution is 9.10. The average molecular weight is 326 g/mol. The van der Waals surface area contributed by atoms with Crippen molar-refractivity contribution >= 4 is 15.9 Å². The van der Waals surface area contributed by atoms with E-state index < -0.39 is 0 Å². The van der Waals surface area contributed by atoms with Gasteiger partial charge in [-0.2, -0.15) is 0 Å². The van der Waals surface area contributed by atoms with Gasteiger partial charge in [0.05, 0.1) is 0 Å². The van der Waals surface area contributed by atoms with Gasteiger partial charge in [-0.3, -0.25) is 0 Å². The predicted molar refractivity (Wildman–Crippen MR) is 83.7 cm³/mol. The van der Waals surface area contributed by atoms with E-state index in [2.05, 4.69) is 21.2 Å². The number of hydrogen-bond donors (Lipinski definition) is 1. The molecule has 2 rings (SSSR count). The maximum atomic E-state index is 5.67. The third kappa shape index (κ3) is 5.96. The molecular formula is C16H24BrNO. The summed E-state index contributed by atoms with van der Waals surface area (Å²) in [6.45, 7) is 2.81. The largest absolute Gasteiger partial charge is 0.492 e. The van der Waals surface area contributed by atoms with Crippen LogP contribution in [0.2, 0.25) is 0 Å². The number of halogens is 1. The minimum Gasteiger partial charge on any atom is -0.492 e. The summed E-state index contributed by atoms with van der Waals surface area (Å²) in [5, 5.41) is 3.48. The van der Waals surface area contributed by atoms with Gasteiger partial charge in [-0.25, -0.2) is 0 Å². The molecule has 0 heterocycles. The monoisotopic (exact) mass is 325 g/mol. The van der Waals surface area contributed by atoms with Crippen LogP contribution in [0.15, 0.2) is 28.7 Å². The van der Waals surface area contributed by atoms with E-state index >= 15 is 0 Å². The lowest BCUT2D eigenvalue weighted by Crippen LogP contribution is -2.24. The second-order valence-electron chi connectivity index (χ2n) is 5.35. The zero-order chi connectivity index (χ0) is 13.3. The summed E-state index contributed by atoms with van der Waals surface area (Å²) in [6, 6.07) is 8.00. The first-order chi connectivity index (χ1) is 9.34. The van der Waals surface area contributed by atoms with E-state index in [-0.39, 0.29) is 0 Å². The second-order valence-corrected chi connectivity index (χ2v) is 6.26. The Balaban J connectivity index is 1.49. The van der Waals surface area contributed by atoms with E-state index in [1.165, 1.54) is 38.5 Å². The van der Waals surface area contributed by atoms with Crippen molar-refractivity contribution in [3.05, 3.63) is 28.7 Å². The van der Waals surface area contributed by atoms with Crippen molar-refractivity contribution in [2.75, 3.05) is 19.7 Å². The Morgan fingerprint density at radius 2 is 1.79 bits per heavy atom. The molecule has 1 aliphatic carbocycles. The number of benzene rings is 1. The molecule has 1 saturated carbocycles. The molecule has 2 nitrogen and oxygen atoms in total. The van der Waals surface area contributed by atoms with Crippen molar-refractivity contribution in [2.45, 2.75) is 38.5 Å². The predicted octanol–water partition coefficient (Wildman–Crippen LogP) is 4.39. The molecule has 3 heteroatoms. The SMILES string of the molecule is Brc1ccc(OCCNCCC2CCCCC2)cc1. The van der Waals surface area contributed by atoms with E-state index in [0.29, 0.717) is 0 Å². The fraction of sp³-hybridized carbons (Fsp3) is 0.625. The standard InChI is InChI=1S/C16H24BrNO/c17-15-6-8-16(9-7-15)19-13-12-18-11-10-14-4-2-1-3-5-14/h6-9,14,18H,1-5,10-13H2. The third-order valence-corrected chi connectivity index (χ3v) is 4.34. The van der Waals surface area contributed by atoms with Gasteiger partial charge in [-0.15, -0.1) is 0 Å². The molecule has 0 bridgehead atoms. The summed E-state index contributed by atoms with van der Waals surface area (Å²) in [5.74, 6) is 1.91. The van der Waals surface area contributed by atoms with Gasteiger partial charge in [0.1, 0.15) is 12.4 Å².